The van der Waals surface area contributed by atoms with Gasteiger partial charge in [0.25, 0.3) is 5.91 Å². The number of nitrogens with two attached hydrogens (primary N) is 1. The minimum absolute atomic E-state index is 0.0509. The minimum Gasteiger partial charge on any atom is -0.385 e. The lowest BCUT2D eigenvalue weighted by molar-refractivity contribution is -0.117. The molecule has 39 heavy (non-hydrogen) atoms. The average Bonchev–Trinajstić information content (AvgIpc) is 3.27. The van der Waals surface area contributed by atoms with Crippen LogP contribution in [-0.4, -0.2) is 44.7 Å². The number of aliphatic hydroxyl groups is 1. The molecule has 2 heterocycles. The Kier molecular flexibility index (Phi) is 7.44. The number of rotatable bonds is 6. The number of carbonyl (C=O) groups excluding carboxylic acids is 2. The number of likely N-dealkylation sites (tertiary alicyclic amines) is 1. The van der Waals surface area contributed by atoms with Crippen molar-refractivity contribution in [2.45, 2.75) is 24.9 Å². The Bertz CT molecular complexity index is 1550. The van der Waals surface area contributed by atoms with Crippen molar-refractivity contribution in [2.75, 3.05) is 13.1 Å². The summed E-state index contributed by atoms with van der Waals surface area (Å²) in [5.74, 6) is -1.55. The highest BCUT2D eigenvalue weighted by atomic mass is 35.5. The zero-order valence-corrected chi connectivity index (χ0v) is 22.3. The average molecular weight is 567 g/mol. The van der Waals surface area contributed by atoms with Crippen LogP contribution in [0.3, 0.4) is 0 Å². The van der Waals surface area contributed by atoms with Gasteiger partial charge in [-0.15, -0.1) is 0 Å². The standard InChI is InChI=1S/C29H25Cl2FN4O3/c30-19-11-9-18(10-12-19)27-20(17-25(33)37)26(34-36(27)24-8-4-2-6-22(24)31)28(38)35-15-13-29(39,14-16-35)21-5-1-3-7-23(21)32/h1-12,39H,13-17H2,(H2,33,37). The van der Waals surface area contributed by atoms with Gasteiger partial charge in [-0.05, 0) is 43.2 Å². The number of benzene rings is 3. The van der Waals surface area contributed by atoms with Gasteiger partial charge in [-0.3, -0.25) is 9.59 Å². The maximum atomic E-state index is 14.4. The summed E-state index contributed by atoms with van der Waals surface area (Å²) in [6.07, 6.45) is 0.0384. The number of hydrogen-bond donors (Lipinski definition) is 2. The lowest BCUT2D eigenvalue weighted by Gasteiger charge is -2.38. The van der Waals surface area contributed by atoms with Crippen molar-refractivity contribution in [1.82, 2.24) is 14.7 Å². The summed E-state index contributed by atoms with van der Waals surface area (Å²) >= 11 is 12.6. The number of primary amides is 1. The first kappa shape index (κ1) is 26.9. The molecule has 0 radical (unpaired) electrons. The lowest BCUT2D eigenvalue weighted by Crippen LogP contribution is -2.45. The number of nitrogens with zero attached hydrogens (tertiary/aromatic N) is 3. The Morgan fingerprint density at radius 2 is 1.62 bits per heavy atom. The van der Waals surface area contributed by atoms with Gasteiger partial charge in [-0.1, -0.05) is 65.7 Å². The maximum absolute atomic E-state index is 14.4. The van der Waals surface area contributed by atoms with E-state index in [1.54, 1.807) is 71.6 Å². The molecule has 0 unspecified atom stereocenters. The third-order valence-corrected chi connectivity index (χ3v) is 7.56. The number of aromatic nitrogens is 2. The Balaban J connectivity index is 1.57. The van der Waals surface area contributed by atoms with E-state index in [2.05, 4.69) is 5.10 Å². The second-order valence-electron chi connectivity index (χ2n) is 9.49. The summed E-state index contributed by atoms with van der Waals surface area (Å²) in [6, 6.07) is 20.0. The smallest absolute Gasteiger partial charge is 0.274 e. The summed E-state index contributed by atoms with van der Waals surface area (Å²) in [5, 5.41) is 16.8. The van der Waals surface area contributed by atoms with Gasteiger partial charge >= 0.3 is 0 Å². The number of halogens is 3. The van der Waals surface area contributed by atoms with E-state index in [-0.39, 0.29) is 43.6 Å². The molecule has 1 aromatic heterocycles. The van der Waals surface area contributed by atoms with Crippen molar-refractivity contribution in [3.8, 4) is 16.9 Å². The predicted molar refractivity (Wildman–Crippen MR) is 147 cm³/mol. The molecule has 0 atom stereocenters. The molecule has 4 aromatic rings. The highest BCUT2D eigenvalue weighted by molar-refractivity contribution is 6.32. The highest BCUT2D eigenvalue weighted by Gasteiger charge is 2.39. The molecule has 3 aromatic carbocycles. The van der Waals surface area contributed by atoms with E-state index in [4.69, 9.17) is 28.9 Å². The largest absolute Gasteiger partial charge is 0.385 e. The van der Waals surface area contributed by atoms with Crippen LogP contribution < -0.4 is 5.73 Å². The molecule has 0 bridgehead atoms. The molecular weight excluding hydrogens is 542 g/mol. The molecule has 1 fully saturated rings. The third kappa shape index (κ3) is 5.28. The van der Waals surface area contributed by atoms with Crippen LogP contribution in [0.4, 0.5) is 4.39 Å². The lowest BCUT2D eigenvalue weighted by atomic mass is 9.84. The zero-order valence-electron chi connectivity index (χ0n) is 20.8. The summed E-state index contributed by atoms with van der Waals surface area (Å²) in [6.45, 7) is 0.323. The van der Waals surface area contributed by atoms with Crippen LogP contribution in [0.2, 0.25) is 10.0 Å². The Morgan fingerprint density at radius 3 is 2.26 bits per heavy atom. The van der Waals surface area contributed by atoms with Crippen LogP contribution in [0.1, 0.15) is 34.5 Å². The molecule has 0 spiro atoms. The fourth-order valence-electron chi connectivity index (χ4n) is 5.00. The van der Waals surface area contributed by atoms with Crippen LogP contribution in [0.5, 0.6) is 0 Å². The summed E-state index contributed by atoms with van der Waals surface area (Å²) in [4.78, 5) is 27.6. The van der Waals surface area contributed by atoms with Gasteiger partial charge in [0, 0.05) is 34.8 Å². The zero-order chi connectivity index (χ0) is 27.7. The maximum Gasteiger partial charge on any atom is 0.274 e. The van der Waals surface area contributed by atoms with Crippen molar-refractivity contribution < 1.29 is 19.1 Å². The number of hydrogen-bond acceptors (Lipinski definition) is 4. The Hall–Kier alpha value is -3.72. The Morgan fingerprint density at radius 1 is 0.974 bits per heavy atom. The molecule has 1 aliphatic rings. The third-order valence-electron chi connectivity index (χ3n) is 6.99. The predicted octanol–water partition coefficient (Wildman–Crippen LogP) is 5.14. The van der Waals surface area contributed by atoms with Crippen LogP contribution in [0, 0.1) is 5.82 Å². The van der Waals surface area contributed by atoms with Gasteiger partial charge in [0.1, 0.15) is 5.82 Å². The Labute approximate surface area is 234 Å². The summed E-state index contributed by atoms with van der Waals surface area (Å²) in [7, 11) is 0. The van der Waals surface area contributed by atoms with E-state index in [9.17, 15) is 19.1 Å². The SMILES string of the molecule is NC(=O)Cc1c(C(=O)N2CCC(O)(c3ccccc3F)CC2)nn(-c2ccccc2Cl)c1-c1ccc(Cl)cc1. The van der Waals surface area contributed by atoms with Crippen molar-refractivity contribution in [2.24, 2.45) is 5.73 Å². The molecule has 7 nitrogen and oxygen atoms in total. The van der Waals surface area contributed by atoms with Gasteiger partial charge in [0.15, 0.2) is 5.69 Å². The summed E-state index contributed by atoms with van der Waals surface area (Å²) in [5.41, 5.74) is 6.49. The van der Waals surface area contributed by atoms with E-state index in [1.165, 1.54) is 10.7 Å². The van der Waals surface area contributed by atoms with Gasteiger partial charge in [0.2, 0.25) is 5.91 Å². The number of amides is 2. The topological polar surface area (TPSA) is 101 Å². The monoisotopic (exact) mass is 566 g/mol. The minimum atomic E-state index is -1.40. The molecule has 1 aliphatic heterocycles. The molecule has 2 amide bonds. The van der Waals surface area contributed by atoms with Crippen molar-refractivity contribution >= 4 is 35.0 Å². The number of piperidine rings is 1. The first-order valence-corrected chi connectivity index (χ1v) is 13.1. The molecular formula is C29H25Cl2FN4O3. The first-order chi connectivity index (χ1) is 18.7. The van der Waals surface area contributed by atoms with Crippen molar-refractivity contribution in [3.05, 3.63) is 105 Å². The fraction of sp³-hybridized carbons (Fsp3) is 0.207. The molecule has 5 rings (SSSR count). The van der Waals surface area contributed by atoms with Crippen LogP contribution in [0.15, 0.2) is 72.8 Å². The first-order valence-electron chi connectivity index (χ1n) is 12.4. The van der Waals surface area contributed by atoms with Crippen molar-refractivity contribution in [1.29, 1.82) is 0 Å². The normalized spacial score (nSPS) is 14.8. The molecule has 200 valence electrons. The van der Waals surface area contributed by atoms with E-state index in [0.717, 1.165) is 0 Å². The van der Waals surface area contributed by atoms with Crippen molar-refractivity contribution in [3.63, 3.8) is 0 Å². The van der Waals surface area contributed by atoms with Gasteiger partial charge in [-0.2, -0.15) is 5.10 Å². The molecule has 0 saturated carbocycles. The van der Waals surface area contributed by atoms with Crippen LogP contribution in [-0.2, 0) is 16.8 Å². The second kappa shape index (κ2) is 10.8. The van der Waals surface area contributed by atoms with Crippen LogP contribution >= 0.6 is 23.2 Å². The molecule has 0 aliphatic carbocycles. The highest BCUT2D eigenvalue weighted by Crippen LogP contribution is 2.37. The van der Waals surface area contributed by atoms with E-state index >= 15 is 0 Å². The van der Waals surface area contributed by atoms with Gasteiger partial charge < -0.3 is 15.7 Å². The van der Waals surface area contributed by atoms with E-state index in [0.29, 0.717) is 32.6 Å². The number of para-hydroxylation sites is 1. The molecule has 3 N–H and O–H groups in total. The fourth-order valence-corrected chi connectivity index (χ4v) is 5.35. The number of carbonyl (C=O) groups is 2. The van der Waals surface area contributed by atoms with E-state index in [1.807, 2.05) is 0 Å². The quantitative estimate of drug-likeness (QED) is 0.337. The molecule has 1 saturated heterocycles. The van der Waals surface area contributed by atoms with Gasteiger partial charge in [0.05, 0.1) is 28.4 Å². The van der Waals surface area contributed by atoms with Gasteiger partial charge in [-0.25, -0.2) is 9.07 Å². The molecule has 10 heteroatoms. The van der Waals surface area contributed by atoms with E-state index < -0.39 is 23.2 Å². The summed E-state index contributed by atoms with van der Waals surface area (Å²) < 4.78 is 16.0. The van der Waals surface area contributed by atoms with Crippen LogP contribution in [0.25, 0.3) is 16.9 Å². The second-order valence-corrected chi connectivity index (χ2v) is 10.3.